The van der Waals surface area contributed by atoms with Crippen LogP contribution in [0.5, 0.6) is 0 Å². The molecule has 0 amide bonds. The highest BCUT2D eigenvalue weighted by Crippen LogP contribution is 2.50. The van der Waals surface area contributed by atoms with Gasteiger partial charge in [-0.05, 0) is 39.2 Å². The molecule has 0 unspecified atom stereocenters. The van der Waals surface area contributed by atoms with E-state index >= 15 is 0 Å². The highest BCUT2D eigenvalue weighted by atomic mass is 19.4. The topological polar surface area (TPSA) is 9.23 Å². The van der Waals surface area contributed by atoms with E-state index in [1.165, 1.54) is 82.0 Å². The lowest BCUT2D eigenvalue weighted by Gasteiger charge is -2.44. The molecule has 0 aromatic carbocycles. The molecule has 0 aliphatic carbocycles. The Morgan fingerprint density at radius 2 is 0.758 bits per heavy atom. The first-order chi connectivity index (χ1) is 15.1. The van der Waals surface area contributed by atoms with Gasteiger partial charge in [-0.2, -0.15) is 0 Å². The van der Waals surface area contributed by atoms with E-state index in [1.807, 2.05) is 0 Å². The fourth-order valence-electron chi connectivity index (χ4n) is 3.74. The number of hydrogen-bond acceptors (Lipinski definition) is 1. The fourth-order valence-corrected chi connectivity index (χ4v) is 3.74. The largest absolute Gasteiger partial charge is 0.572 e. The molecule has 0 aliphatic heterocycles. The molecule has 0 saturated carbocycles. The minimum atomic E-state index is -6.93. The molecule has 0 N–H and O–H groups in total. The van der Waals surface area contributed by atoms with Crippen LogP contribution >= 0.6 is 0 Å². The summed E-state index contributed by atoms with van der Waals surface area (Å²) in [6, 6.07) is 0. The lowest BCUT2D eigenvalue weighted by atomic mass is 9.37. The number of nitrogens with zero attached hydrogens (tertiary/aromatic N) is 1. The van der Waals surface area contributed by atoms with E-state index in [1.54, 1.807) is 0 Å². The minimum absolute atomic E-state index is 0.611. The third-order valence-corrected chi connectivity index (χ3v) is 5.74. The van der Waals surface area contributed by atoms with Gasteiger partial charge in [-0.1, -0.05) is 53.4 Å². The Morgan fingerprint density at radius 3 is 0.879 bits per heavy atom. The second-order valence-corrected chi connectivity index (χ2v) is 8.52. The number of alkyl halides is 9. The van der Waals surface area contributed by atoms with Crippen molar-refractivity contribution in [3.05, 3.63) is 0 Å². The van der Waals surface area contributed by atoms with Gasteiger partial charge in [0.2, 0.25) is 0 Å². The van der Waals surface area contributed by atoms with E-state index in [0.29, 0.717) is 6.92 Å². The summed E-state index contributed by atoms with van der Waals surface area (Å²) in [6.45, 7) is 14.3. The second-order valence-electron chi connectivity index (χ2n) is 8.52. The molecule has 0 aromatic rings. The summed E-state index contributed by atoms with van der Waals surface area (Å²) in [4.78, 5) is 0. The van der Waals surface area contributed by atoms with Crippen molar-refractivity contribution < 1.29 is 48.7 Å². The quantitative estimate of drug-likeness (QED) is 0.131. The third-order valence-electron chi connectivity index (χ3n) is 5.74. The van der Waals surface area contributed by atoms with Gasteiger partial charge < -0.3 is 9.14 Å². The fraction of sp³-hybridized carbons (Fsp3) is 1.00. The Kier molecular flexibility index (Phi) is 16.1. The van der Waals surface area contributed by atoms with Crippen LogP contribution in [0.3, 0.4) is 0 Å². The van der Waals surface area contributed by atoms with Crippen molar-refractivity contribution in [2.24, 2.45) is 0 Å². The molecule has 0 heterocycles. The van der Waals surface area contributed by atoms with Crippen LogP contribution in [0.4, 0.5) is 39.5 Å². The van der Waals surface area contributed by atoms with Gasteiger partial charge in [0.05, 0.1) is 26.2 Å². The lowest BCUT2D eigenvalue weighted by Crippen LogP contribution is -2.73. The van der Waals surface area contributed by atoms with E-state index < -0.39 is 31.2 Å². The van der Waals surface area contributed by atoms with Crippen LogP contribution in [0.15, 0.2) is 0 Å². The van der Waals surface area contributed by atoms with Crippen molar-refractivity contribution in [3.63, 3.8) is 0 Å². The lowest BCUT2D eigenvalue weighted by molar-refractivity contribution is -0.929. The van der Waals surface area contributed by atoms with Gasteiger partial charge in [-0.15, -0.1) is 0 Å². The highest BCUT2D eigenvalue weighted by molar-refractivity contribution is 6.79. The molecule has 0 aromatic heterocycles. The Labute approximate surface area is 192 Å². The van der Waals surface area contributed by atoms with Crippen LogP contribution in [0.25, 0.3) is 0 Å². The highest BCUT2D eigenvalue weighted by Gasteiger charge is 2.80. The number of rotatable bonds is 14. The average molecular weight is 505 g/mol. The van der Waals surface area contributed by atoms with Crippen LogP contribution < -0.4 is 0 Å². The predicted octanol–water partition coefficient (Wildman–Crippen LogP) is 8.28. The Balaban J connectivity index is 0. The van der Waals surface area contributed by atoms with E-state index in [4.69, 9.17) is 0 Å². The third kappa shape index (κ3) is 10.7. The SMILES string of the molecule is CCCC[N+](CCCC)(CCCC)CCCC.CCO[B-](C(F)(F)F)(C(F)(F)F)C(F)(F)F. The van der Waals surface area contributed by atoms with Gasteiger partial charge in [-0.3, -0.25) is 0 Å². The first-order valence-electron chi connectivity index (χ1n) is 11.9. The zero-order valence-corrected chi connectivity index (χ0v) is 20.5. The summed E-state index contributed by atoms with van der Waals surface area (Å²) in [5.41, 5.74) is 0. The van der Waals surface area contributed by atoms with Crippen molar-refractivity contribution in [3.8, 4) is 0 Å². The molecule has 0 saturated heterocycles. The number of quaternary nitrogens is 1. The molecule has 0 atom stereocenters. The van der Waals surface area contributed by atoms with E-state index in [-0.39, 0.29) is 0 Å². The normalized spacial score (nSPS) is 13.6. The summed E-state index contributed by atoms with van der Waals surface area (Å²) in [7, 11) is 0. The van der Waals surface area contributed by atoms with Gasteiger partial charge in [-0.25, -0.2) is 39.5 Å². The van der Waals surface area contributed by atoms with Gasteiger partial charge >= 0.3 is 6.35 Å². The summed E-state index contributed by atoms with van der Waals surface area (Å²) >= 11 is 0. The van der Waals surface area contributed by atoms with E-state index in [2.05, 4.69) is 32.3 Å². The molecule has 202 valence electrons. The predicted molar refractivity (Wildman–Crippen MR) is 115 cm³/mol. The van der Waals surface area contributed by atoms with Crippen molar-refractivity contribution in [1.29, 1.82) is 0 Å². The van der Waals surface area contributed by atoms with Crippen LogP contribution in [-0.2, 0) is 4.65 Å². The molecular weight excluding hydrogens is 464 g/mol. The zero-order valence-electron chi connectivity index (χ0n) is 20.5. The summed E-state index contributed by atoms with van der Waals surface area (Å²) in [5, 5.41) is 0. The summed E-state index contributed by atoms with van der Waals surface area (Å²) in [5.74, 6) is 0. The molecule has 0 bridgehead atoms. The first-order valence-corrected chi connectivity index (χ1v) is 11.9. The molecule has 0 aliphatic rings. The Hall–Kier alpha value is -0.645. The van der Waals surface area contributed by atoms with E-state index in [9.17, 15) is 39.5 Å². The number of hydrogen-bond donors (Lipinski definition) is 0. The smallest absolute Gasteiger partial charge is 0.451 e. The summed E-state index contributed by atoms with van der Waals surface area (Å²) in [6.07, 6.45) is -15.6. The average Bonchev–Trinajstić information content (AvgIpc) is 2.68. The van der Waals surface area contributed by atoms with Crippen LogP contribution in [0, 0.1) is 0 Å². The van der Waals surface area contributed by atoms with Gasteiger partial charge in [0.1, 0.15) is 0 Å². The van der Waals surface area contributed by atoms with Crippen molar-refractivity contribution in [1.82, 2.24) is 0 Å². The van der Waals surface area contributed by atoms with Crippen molar-refractivity contribution in [2.75, 3.05) is 32.8 Å². The Bertz CT molecular complexity index is 420. The maximum absolute atomic E-state index is 12.0. The van der Waals surface area contributed by atoms with Crippen molar-refractivity contribution >= 4 is 6.35 Å². The van der Waals surface area contributed by atoms with Crippen LogP contribution in [0.2, 0.25) is 0 Å². The first kappa shape index (κ1) is 34.5. The zero-order chi connectivity index (χ0) is 26.4. The van der Waals surface area contributed by atoms with Gasteiger partial charge in [0, 0.05) is 0 Å². The van der Waals surface area contributed by atoms with Crippen LogP contribution in [0.1, 0.15) is 86.0 Å². The molecule has 0 rings (SSSR count). The molecule has 0 spiro atoms. The van der Waals surface area contributed by atoms with Crippen LogP contribution in [-0.4, -0.2) is 61.8 Å². The molecule has 2 nitrogen and oxygen atoms in total. The molecule has 33 heavy (non-hydrogen) atoms. The Morgan fingerprint density at radius 1 is 0.515 bits per heavy atom. The monoisotopic (exact) mass is 505 g/mol. The molecule has 0 fully saturated rings. The summed E-state index contributed by atoms with van der Waals surface area (Å²) < 4.78 is 113. The van der Waals surface area contributed by atoms with E-state index in [0.717, 1.165) is 0 Å². The maximum Gasteiger partial charge on any atom is 0.451 e. The standard InChI is InChI=1S/C16H36N.C5H5BF9O/c1-5-9-13-17(14-10-6-2,15-11-7-3)16-12-8-4;1-2-16-6(3(7,8)9,4(10,11)12)5(13,14)15/h5-16H2,1-4H3;2H2,1H3/q+1;-1. The maximum atomic E-state index is 12.0. The molecule has 12 heteroatoms. The molecular formula is C21H41BF9NO. The van der Waals surface area contributed by atoms with Crippen molar-refractivity contribution in [2.45, 2.75) is 104 Å². The van der Waals surface area contributed by atoms with Gasteiger partial charge in [0.15, 0.2) is 0 Å². The minimum Gasteiger partial charge on any atom is -0.572 e. The number of halogens is 9. The second kappa shape index (κ2) is 15.4. The number of unbranched alkanes of at least 4 members (excludes halogenated alkanes) is 4. The van der Waals surface area contributed by atoms with Gasteiger partial charge in [0.25, 0.3) is 18.2 Å². The molecule has 0 radical (unpaired) electrons.